The van der Waals surface area contributed by atoms with Gasteiger partial charge in [0.05, 0.1) is 5.02 Å². The molecule has 0 aliphatic carbocycles. The third-order valence-corrected chi connectivity index (χ3v) is 2.19. The van der Waals surface area contributed by atoms with Crippen molar-refractivity contribution in [2.24, 2.45) is 4.99 Å². The van der Waals surface area contributed by atoms with Crippen molar-refractivity contribution in [1.29, 1.82) is 0 Å². The van der Waals surface area contributed by atoms with Crippen LogP contribution in [0.25, 0.3) is 0 Å². The summed E-state index contributed by atoms with van der Waals surface area (Å²) in [6, 6.07) is 4.92. The number of halogens is 3. The molecule has 0 N–H and O–H groups in total. The predicted molar refractivity (Wildman–Crippen MR) is 53.7 cm³/mol. The first kappa shape index (κ1) is 10.6. The molecule has 0 fully saturated rings. The summed E-state index contributed by atoms with van der Waals surface area (Å²) in [7, 11) is 0. The SMILES string of the molecule is O=C=Nc1c(Cl)cccc1C(Cl)Cl. The van der Waals surface area contributed by atoms with E-state index in [1.165, 1.54) is 6.08 Å². The molecule has 0 amide bonds. The van der Waals surface area contributed by atoms with Crippen LogP contribution in [-0.2, 0) is 4.79 Å². The Balaban J connectivity index is 3.33. The highest BCUT2D eigenvalue weighted by atomic mass is 35.5. The fourth-order valence-corrected chi connectivity index (χ4v) is 1.45. The molecule has 0 atom stereocenters. The molecule has 0 aliphatic rings. The summed E-state index contributed by atoms with van der Waals surface area (Å²) in [6.07, 6.45) is 1.39. The van der Waals surface area contributed by atoms with E-state index in [4.69, 9.17) is 34.8 Å². The Bertz CT molecular complexity index is 358. The van der Waals surface area contributed by atoms with Gasteiger partial charge in [-0.05, 0) is 6.07 Å². The Morgan fingerprint density at radius 2 is 2.08 bits per heavy atom. The first-order chi connectivity index (χ1) is 6.16. The van der Waals surface area contributed by atoms with Crippen molar-refractivity contribution in [3.63, 3.8) is 0 Å². The van der Waals surface area contributed by atoms with Crippen LogP contribution in [0.15, 0.2) is 23.2 Å². The minimum atomic E-state index is -0.759. The third kappa shape index (κ3) is 2.45. The van der Waals surface area contributed by atoms with Crippen molar-refractivity contribution in [3.05, 3.63) is 28.8 Å². The van der Waals surface area contributed by atoms with Gasteiger partial charge >= 0.3 is 0 Å². The Labute approximate surface area is 90.1 Å². The molecule has 0 bridgehead atoms. The van der Waals surface area contributed by atoms with Crippen molar-refractivity contribution in [2.45, 2.75) is 4.84 Å². The van der Waals surface area contributed by atoms with E-state index in [9.17, 15) is 4.79 Å². The van der Waals surface area contributed by atoms with E-state index in [0.29, 0.717) is 10.6 Å². The van der Waals surface area contributed by atoms with E-state index in [-0.39, 0.29) is 5.69 Å². The van der Waals surface area contributed by atoms with E-state index >= 15 is 0 Å². The largest absolute Gasteiger partial charge is 0.240 e. The van der Waals surface area contributed by atoms with E-state index in [0.717, 1.165) is 0 Å². The zero-order chi connectivity index (χ0) is 9.84. The highest BCUT2D eigenvalue weighted by molar-refractivity contribution is 6.44. The van der Waals surface area contributed by atoms with Gasteiger partial charge < -0.3 is 0 Å². The van der Waals surface area contributed by atoms with Gasteiger partial charge in [-0.15, -0.1) is 0 Å². The molecule has 0 unspecified atom stereocenters. The average Bonchev–Trinajstić information content (AvgIpc) is 2.08. The van der Waals surface area contributed by atoms with Crippen LogP contribution in [0.4, 0.5) is 5.69 Å². The molecule has 0 radical (unpaired) electrons. The maximum atomic E-state index is 10.1. The van der Waals surface area contributed by atoms with Gasteiger partial charge in [0.15, 0.2) is 0 Å². The number of nitrogens with zero attached hydrogens (tertiary/aromatic N) is 1. The molecule has 13 heavy (non-hydrogen) atoms. The molecule has 0 saturated heterocycles. The molecule has 0 saturated carbocycles. The van der Waals surface area contributed by atoms with Gasteiger partial charge in [0.1, 0.15) is 10.5 Å². The number of aliphatic imine (C=N–C) groups is 1. The smallest absolute Gasteiger partial charge is 0.211 e. The average molecular weight is 236 g/mol. The lowest BCUT2D eigenvalue weighted by Crippen LogP contribution is -1.83. The minimum absolute atomic E-state index is 0.272. The summed E-state index contributed by atoms with van der Waals surface area (Å²) in [4.78, 5) is 12.7. The van der Waals surface area contributed by atoms with Crippen LogP contribution < -0.4 is 0 Å². The molecule has 0 heterocycles. The summed E-state index contributed by atoms with van der Waals surface area (Å²) in [5.74, 6) is 0. The first-order valence-electron chi connectivity index (χ1n) is 3.31. The Morgan fingerprint density at radius 3 is 2.62 bits per heavy atom. The second kappa shape index (κ2) is 4.64. The lowest BCUT2D eigenvalue weighted by Gasteiger charge is -2.05. The van der Waals surface area contributed by atoms with Gasteiger partial charge in [0.2, 0.25) is 6.08 Å². The van der Waals surface area contributed by atoms with Crippen LogP contribution in [0.2, 0.25) is 5.02 Å². The number of para-hydroxylation sites is 1. The maximum Gasteiger partial charge on any atom is 0.240 e. The molecule has 1 rings (SSSR count). The van der Waals surface area contributed by atoms with Gasteiger partial charge in [0, 0.05) is 5.56 Å². The van der Waals surface area contributed by atoms with Crippen LogP contribution in [0.1, 0.15) is 10.4 Å². The molecule has 1 aromatic carbocycles. The molecular weight excluding hydrogens is 232 g/mol. The van der Waals surface area contributed by atoms with Gasteiger partial charge in [-0.3, -0.25) is 0 Å². The number of benzene rings is 1. The number of carbonyl (C=O) groups excluding carboxylic acids is 1. The Kier molecular flexibility index (Phi) is 3.76. The van der Waals surface area contributed by atoms with Crippen LogP contribution in [0.3, 0.4) is 0 Å². The van der Waals surface area contributed by atoms with Gasteiger partial charge in [0.25, 0.3) is 0 Å². The van der Waals surface area contributed by atoms with Crippen molar-refractivity contribution >= 4 is 46.6 Å². The van der Waals surface area contributed by atoms with E-state index in [1.54, 1.807) is 18.2 Å². The second-order valence-corrected chi connectivity index (χ2v) is 3.68. The Morgan fingerprint density at radius 1 is 1.38 bits per heavy atom. The predicted octanol–water partition coefficient (Wildman–Crippen LogP) is 3.78. The third-order valence-electron chi connectivity index (χ3n) is 1.41. The van der Waals surface area contributed by atoms with Crippen LogP contribution in [0, 0.1) is 0 Å². The normalized spacial score (nSPS) is 9.85. The van der Waals surface area contributed by atoms with E-state index in [2.05, 4.69) is 4.99 Å². The zero-order valence-corrected chi connectivity index (χ0v) is 8.57. The molecule has 1 aromatic rings. The minimum Gasteiger partial charge on any atom is -0.211 e. The van der Waals surface area contributed by atoms with Crippen molar-refractivity contribution in [3.8, 4) is 0 Å². The molecular formula is C8H4Cl3NO. The summed E-state index contributed by atoms with van der Waals surface area (Å²) < 4.78 is 0. The molecule has 0 aromatic heterocycles. The quantitative estimate of drug-likeness (QED) is 0.436. The molecule has 0 spiro atoms. The summed E-state index contributed by atoms with van der Waals surface area (Å²) in [5, 5.41) is 0.326. The fourth-order valence-electron chi connectivity index (χ4n) is 0.872. The number of isocyanates is 1. The zero-order valence-electron chi connectivity index (χ0n) is 6.30. The Hall–Kier alpha value is -0.530. The van der Waals surface area contributed by atoms with Crippen molar-refractivity contribution in [1.82, 2.24) is 0 Å². The standard InChI is InChI=1S/C8H4Cl3NO/c9-6-3-1-2-5(8(10)11)7(6)12-4-13/h1-3,8H. The fraction of sp³-hybridized carbons (Fsp3) is 0.125. The van der Waals surface area contributed by atoms with E-state index in [1.807, 2.05) is 0 Å². The van der Waals surface area contributed by atoms with Crippen molar-refractivity contribution in [2.75, 3.05) is 0 Å². The summed E-state index contributed by atoms with van der Waals surface area (Å²) >= 11 is 17.0. The van der Waals surface area contributed by atoms with Gasteiger partial charge in [-0.1, -0.05) is 46.9 Å². The molecule has 5 heteroatoms. The first-order valence-corrected chi connectivity index (χ1v) is 4.56. The van der Waals surface area contributed by atoms with E-state index < -0.39 is 4.84 Å². The topological polar surface area (TPSA) is 29.4 Å². The maximum absolute atomic E-state index is 10.1. The second-order valence-electron chi connectivity index (χ2n) is 2.18. The van der Waals surface area contributed by atoms with Crippen LogP contribution in [0.5, 0.6) is 0 Å². The van der Waals surface area contributed by atoms with Crippen LogP contribution in [-0.4, -0.2) is 6.08 Å². The number of hydrogen-bond donors (Lipinski definition) is 0. The highest BCUT2D eigenvalue weighted by Crippen LogP contribution is 2.37. The van der Waals surface area contributed by atoms with Gasteiger partial charge in [-0.25, -0.2) is 4.79 Å². The monoisotopic (exact) mass is 235 g/mol. The number of hydrogen-bond acceptors (Lipinski definition) is 2. The molecule has 0 aliphatic heterocycles. The van der Waals surface area contributed by atoms with Crippen LogP contribution >= 0.6 is 34.8 Å². The molecule has 2 nitrogen and oxygen atoms in total. The highest BCUT2D eigenvalue weighted by Gasteiger charge is 2.11. The number of rotatable bonds is 2. The summed E-state index contributed by atoms with van der Waals surface area (Å²) in [5.41, 5.74) is 0.772. The molecule has 68 valence electrons. The van der Waals surface area contributed by atoms with Gasteiger partial charge in [-0.2, -0.15) is 4.99 Å². The lowest BCUT2D eigenvalue weighted by atomic mass is 10.2. The summed E-state index contributed by atoms with van der Waals surface area (Å²) in [6.45, 7) is 0. The van der Waals surface area contributed by atoms with Crippen molar-refractivity contribution < 1.29 is 4.79 Å². The number of alkyl halides is 2. The lowest BCUT2D eigenvalue weighted by molar-refractivity contribution is 0.565.